The summed E-state index contributed by atoms with van der Waals surface area (Å²) in [5, 5.41) is 3.26. The van der Waals surface area contributed by atoms with Crippen LogP contribution in [-0.2, 0) is 11.3 Å². The van der Waals surface area contributed by atoms with Crippen LogP contribution in [0.2, 0.25) is 0 Å². The molecule has 0 aliphatic carbocycles. The van der Waals surface area contributed by atoms with E-state index in [2.05, 4.69) is 10.3 Å². The molecule has 0 radical (unpaired) electrons. The van der Waals surface area contributed by atoms with Crippen LogP contribution in [0, 0.1) is 0 Å². The molecule has 1 amide bonds. The summed E-state index contributed by atoms with van der Waals surface area (Å²) < 4.78 is 12.5. The van der Waals surface area contributed by atoms with Crippen molar-refractivity contribution in [3.05, 3.63) is 89.5 Å². The number of anilines is 1. The molecule has 3 aromatic carbocycles. The SMILES string of the molecule is CCOc1ccc(Oc2ccc(NC(=O)Cn3cnc4ccccc4c3=O)cc2)cc1. The molecule has 0 aliphatic heterocycles. The maximum atomic E-state index is 12.5. The number of rotatable bonds is 7. The fourth-order valence-electron chi connectivity index (χ4n) is 3.09. The molecule has 0 fully saturated rings. The van der Waals surface area contributed by atoms with E-state index in [0.29, 0.717) is 34.7 Å². The van der Waals surface area contributed by atoms with Gasteiger partial charge >= 0.3 is 0 Å². The summed E-state index contributed by atoms with van der Waals surface area (Å²) in [6, 6.07) is 21.4. The standard InChI is InChI=1S/C24H21N3O4/c1-2-30-18-11-13-20(14-12-18)31-19-9-7-17(8-10-19)26-23(28)15-27-16-25-22-6-4-3-5-21(22)24(27)29/h3-14,16H,2,15H2,1H3,(H,26,28). The van der Waals surface area contributed by atoms with E-state index in [1.165, 1.54) is 10.9 Å². The average molecular weight is 415 g/mol. The van der Waals surface area contributed by atoms with Crippen molar-refractivity contribution in [1.82, 2.24) is 9.55 Å². The number of fused-ring (bicyclic) bond motifs is 1. The van der Waals surface area contributed by atoms with E-state index in [1.54, 1.807) is 42.5 Å². The fourth-order valence-corrected chi connectivity index (χ4v) is 3.09. The van der Waals surface area contributed by atoms with Gasteiger partial charge in [-0.1, -0.05) is 12.1 Å². The number of nitrogens with one attached hydrogen (secondary N) is 1. The number of hydrogen-bond acceptors (Lipinski definition) is 5. The van der Waals surface area contributed by atoms with Gasteiger partial charge in [0.1, 0.15) is 23.8 Å². The van der Waals surface area contributed by atoms with Crippen LogP contribution in [0.3, 0.4) is 0 Å². The third kappa shape index (κ3) is 4.90. The third-order valence-corrected chi connectivity index (χ3v) is 4.55. The van der Waals surface area contributed by atoms with Crippen LogP contribution in [0.1, 0.15) is 6.92 Å². The molecule has 0 bridgehead atoms. The highest BCUT2D eigenvalue weighted by Crippen LogP contribution is 2.25. The molecule has 0 aliphatic rings. The first kappa shape index (κ1) is 20.2. The normalized spacial score (nSPS) is 10.6. The molecular weight excluding hydrogens is 394 g/mol. The van der Waals surface area contributed by atoms with Crippen molar-refractivity contribution < 1.29 is 14.3 Å². The Morgan fingerprint density at radius 3 is 2.29 bits per heavy atom. The average Bonchev–Trinajstić information content (AvgIpc) is 2.79. The molecule has 0 spiro atoms. The number of ether oxygens (including phenoxy) is 2. The zero-order chi connectivity index (χ0) is 21.6. The third-order valence-electron chi connectivity index (χ3n) is 4.55. The van der Waals surface area contributed by atoms with Gasteiger partial charge in [0, 0.05) is 5.69 Å². The lowest BCUT2D eigenvalue weighted by Crippen LogP contribution is -2.27. The van der Waals surface area contributed by atoms with Crippen molar-refractivity contribution in [2.75, 3.05) is 11.9 Å². The maximum absolute atomic E-state index is 12.5. The Labute approximate surface area is 178 Å². The number of nitrogens with zero attached hydrogens (tertiary/aromatic N) is 2. The van der Waals surface area contributed by atoms with Crippen molar-refractivity contribution >= 4 is 22.5 Å². The number of hydrogen-bond donors (Lipinski definition) is 1. The summed E-state index contributed by atoms with van der Waals surface area (Å²) in [5.74, 6) is 1.79. The predicted molar refractivity (Wildman–Crippen MR) is 119 cm³/mol. The predicted octanol–water partition coefficient (Wildman–Crippen LogP) is 4.23. The summed E-state index contributed by atoms with van der Waals surface area (Å²) in [6.45, 7) is 2.42. The number of aromatic nitrogens is 2. The summed E-state index contributed by atoms with van der Waals surface area (Å²) >= 11 is 0. The molecular formula is C24H21N3O4. The molecule has 1 aromatic heterocycles. The molecule has 0 unspecified atom stereocenters. The van der Waals surface area contributed by atoms with Crippen molar-refractivity contribution in [3.63, 3.8) is 0 Å². The summed E-state index contributed by atoms with van der Waals surface area (Å²) in [7, 11) is 0. The molecule has 1 heterocycles. The summed E-state index contributed by atoms with van der Waals surface area (Å²) in [6.07, 6.45) is 1.39. The van der Waals surface area contributed by atoms with Crippen LogP contribution in [0.25, 0.3) is 10.9 Å². The monoisotopic (exact) mass is 415 g/mol. The lowest BCUT2D eigenvalue weighted by molar-refractivity contribution is -0.116. The van der Waals surface area contributed by atoms with E-state index in [-0.39, 0.29) is 18.0 Å². The van der Waals surface area contributed by atoms with Crippen LogP contribution in [0.5, 0.6) is 17.2 Å². The van der Waals surface area contributed by atoms with Crippen LogP contribution < -0.4 is 20.3 Å². The van der Waals surface area contributed by atoms with Gasteiger partial charge in [-0.15, -0.1) is 0 Å². The quantitative estimate of drug-likeness (QED) is 0.489. The largest absolute Gasteiger partial charge is 0.494 e. The topological polar surface area (TPSA) is 82.4 Å². The van der Waals surface area contributed by atoms with Crippen molar-refractivity contribution in [3.8, 4) is 17.2 Å². The molecule has 4 rings (SSSR count). The molecule has 4 aromatic rings. The fraction of sp³-hybridized carbons (Fsp3) is 0.125. The zero-order valence-electron chi connectivity index (χ0n) is 16.9. The minimum Gasteiger partial charge on any atom is -0.494 e. The molecule has 7 nitrogen and oxygen atoms in total. The second-order valence-electron chi connectivity index (χ2n) is 6.77. The summed E-state index contributed by atoms with van der Waals surface area (Å²) in [4.78, 5) is 29.1. The lowest BCUT2D eigenvalue weighted by atomic mass is 10.2. The van der Waals surface area contributed by atoms with Crippen LogP contribution >= 0.6 is 0 Å². The number of carbonyl (C=O) groups is 1. The van der Waals surface area contributed by atoms with Gasteiger partial charge in [-0.3, -0.25) is 14.2 Å². The van der Waals surface area contributed by atoms with Gasteiger partial charge < -0.3 is 14.8 Å². The molecule has 0 atom stereocenters. The highest BCUT2D eigenvalue weighted by Gasteiger charge is 2.08. The van der Waals surface area contributed by atoms with Gasteiger partial charge in [-0.25, -0.2) is 4.98 Å². The van der Waals surface area contributed by atoms with Gasteiger partial charge in [0.2, 0.25) is 5.91 Å². The van der Waals surface area contributed by atoms with E-state index in [9.17, 15) is 9.59 Å². The van der Waals surface area contributed by atoms with Crippen molar-refractivity contribution in [2.45, 2.75) is 13.5 Å². The minimum absolute atomic E-state index is 0.124. The van der Waals surface area contributed by atoms with Crippen LogP contribution in [0.15, 0.2) is 83.9 Å². The van der Waals surface area contributed by atoms with Gasteiger partial charge in [0.25, 0.3) is 5.56 Å². The first-order valence-corrected chi connectivity index (χ1v) is 9.87. The van der Waals surface area contributed by atoms with Gasteiger partial charge in [0.15, 0.2) is 0 Å². The Morgan fingerprint density at radius 1 is 0.935 bits per heavy atom. The van der Waals surface area contributed by atoms with Crippen LogP contribution in [0.4, 0.5) is 5.69 Å². The highest BCUT2D eigenvalue weighted by atomic mass is 16.5. The Hall–Kier alpha value is -4.13. The smallest absolute Gasteiger partial charge is 0.261 e. The van der Waals surface area contributed by atoms with Crippen molar-refractivity contribution in [1.29, 1.82) is 0 Å². The van der Waals surface area contributed by atoms with Gasteiger partial charge in [-0.2, -0.15) is 0 Å². The second-order valence-corrected chi connectivity index (χ2v) is 6.77. The molecule has 156 valence electrons. The number of benzene rings is 3. The van der Waals surface area contributed by atoms with E-state index in [4.69, 9.17) is 9.47 Å². The first-order chi connectivity index (χ1) is 15.1. The second kappa shape index (κ2) is 9.13. The number of carbonyl (C=O) groups excluding carboxylic acids is 1. The summed E-state index contributed by atoms with van der Waals surface area (Å²) in [5.41, 5.74) is 0.956. The van der Waals surface area contributed by atoms with Crippen LogP contribution in [-0.4, -0.2) is 22.1 Å². The molecule has 0 saturated carbocycles. The maximum Gasteiger partial charge on any atom is 0.261 e. The number of para-hydroxylation sites is 1. The van der Waals surface area contributed by atoms with Crippen molar-refractivity contribution in [2.24, 2.45) is 0 Å². The number of amides is 1. The molecule has 31 heavy (non-hydrogen) atoms. The zero-order valence-corrected chi connectivity index (χ0v) is 16.9. The van der Waals surface area contributed by atoms with E-state index < -0.39 is 0 Å². The Kier molecular flexibility index (Phi) is 5.93. The Balaban J connectivity index is 1.38. The minimum atomic E-state index is -0.320. The van der Waals surface area contributed by atoms with Gasteiger partial charge in [-0.05, 0) is 67.6 Å². The van der Waals surface area contributed by atoms with E-state index in [1.807, 2.05) is 37.3 Å². The first-order valence-electron chi connectivity index (χ1n) is 9.87. The molecule has 1 N–H and O–H groups in total. The Morgan fingerprint density at radius 2 is 1.58 bits per heavy atom. The molecule has 7 heteroatoms. The van der Waals surface area contributed by atoms with Gasteiger partial charge in [0.05, 0.1) is 23.8 Å². The Bertz CT molecular complexity index is 1250. The van der Waals surface area contributed by atoms with E-state index in [0.717, 1.165) is 5.75 Å². The van der Waals surface area contributed by atoms with E-state index >= 15 is 0 Å². The highest BCUT2D eigenvalue weighted by molar-refractivity contribution is 5.90. The lowest BCUT2D eigenvalue weighted by Gasteiger charge is -2.10. The molecule has 0 saturated heterocycles.